The van der Waals surface area contributed by atoms with Gasteiger partial charge in [0.1, 0.15) is 12.7 Å². The molecule has 0 spiro atoms. The van der Waals surface area contributed by atoms with E-state index in [1.807, 2.05) is 12.1 Å². The van der Waals surface area contributed by atoms with Gasteiger partial charge in [-0.1, -0.05) is 36.4 Å². The Bertz CT molecular complexity index is 1040. The van der Waals surface area contributed by atoms with Crippen LogP contribution in [0.1, 0.15) is 41.7 Å². The molecule has 1 N–H and O–H groups in total. The Balaban J connectivity index is 1.70. The Morgan fingerprint density at radius 2 is 1.74 bits per heavy atom. The van der Waals surface area contributed by atoms with Gasteiger partial charge in [0.15, 0.2) is 0 Å². The van der Waals surface area contributed by atoms with Crippen LogP contribution in [0.2, 0.25) is 0 Å². The minimum atomic E-state index is -1.06. The summed E-state index contributed by atoms with van der Waals surface area (Å²) < 4.78 is 10.9. The Labute approximate surface area is 181 Å². The summed E-state index contributed by atoms with van der Waals surface area (Å²) in [4.78, 5) is 26.5. The van der Waals surface area contributed by atoms with Crippen LogP contribution >= 0.6 is 0 Å². The molecule has 0 radical (unpaired) electrons. The quantitative estimate of drug-likeness (QED) is 0.516. The minimum absolute atomic E-state index is 0.327. The van der Waals surface area contributed by atoms with Crippen LogP contribution in [0.5, 0.6) is 5.88 Å². The fraction of sp³-hybridized carbons (Fsp3) is 0.240. The number of carbonyl (C=O) groups excluding carboxylic acids is 1. The number of carboxylic acids is 1. The summed E-state index contributed by atoms with van der Waals surface area (Å²) in [5.41, 5.74) is 6.31. The molecule has 31 heavy (non-hydrogen) atoms. The molecular formula is C25H25NO5. The van der Waals surface area contributed by atoms with Crippen molar-refractivity contribution in [1.29, 1.82) is 0 Å². The first-order valence-electron chi connectivity index (χ1n) is 9.97. The monoisotopic (exact) mass is 419 g/mol. The van der Waals surface area contributed by atoms with Crippen molar-refractivity contribution in [2.45, 2.75) is 39.9 Å². The van der Waals surface area contributed by atoms with Crippen molar-refractivity contribution in [2.24, 2.45) is 0 Å². The van der Waals surface area contributed by atoms with E-state index in [1.54, 1.807) is 12.1 Å². The fourth-order valence-corrected chi connectivity index (χ4v) is 3.50. The number of aliphatic carboxylic acids is 1. The molecule has 1 aromatic heterocycles. The maximum absolute atomic E-state index is 11.2. The predicted molar refractivity (Wildman–Crippen MR) is 117 cm³/mol. The first-order chi connectivity index (χ1) is 14.8. The Kier molecular flexibility index (Phi) is 7.03. The van der Waals surface area contributed by atoms with Crippen LogP contribution in [-0.4, -0.2) is 22.0 Å². The number of rotatable bonds is 8. The van der Waals surface area contributed by atoms with Crippen molar-refractivity contribution < 1.29 is 24.2 Å². The third-order valence-electron chi connectivity index (χ3n) is 4.88. The third-order valence-corrected chi connectivity index (χ3v) is 4.88. The SMILES string of the molecule is CC(=O)OC(CC(=O)O)c1ccc(OCc2cccc(-c3c(C)cccc3C)c2)nc1. The van der Waals surface area contributed by atoms with E-state index in [2.05, 4.69) is 49.2 Å². The minimum Gasteiger partial charge on any atom is -0.481 e. The lowest BCUT2D eigenvalue weighted by Gasteiger charge is -2.15. The first kappa shape index (κ1) is 22.0. The molecule has 3 rings (SSSR count). The van der Waals surface area contributed by atoms with Crippen LogP contribution < -0.4 is 4.74 Å². The molecule has 0 amide bonds. The molecule has 1 atom stereocenters. The van der Waals surface area contributed by atoms with E-state index in [1.165, 1.54) is 29.8 Å². The second-order valence-electron chi connectivity index (χ2n) is 7.38. The van der Waals surface area contributed by atoms with E-state index in [4.69, 9.17) is 14.6 Å². The number of aromatic nitrogens is 1. The van der Waals surface area contributed by atoms with E-state index in [0.717, 1.165) is 11.1 Å². The number of hydrogen-bond donors (Lipinski definition) is 1. The van der Waals surface area contributed by atoms with Crippen LogP contribution in [0.4, 0.5) is 0 Å². The molecule has 0 fully saturated rings. The Morgan fingerprint density at radius 3 is 2.35 bits per heavy atom. The molecule has 1 heterocycles. The van der Waals surface area contributed by atoms with Crippen molar-refractivity contribution in [3.63, 3.8) is 0 Å². The van der Waals surface area contributed by atoms with E-state index in [0.29, 0.717) is 18.1 Å². The zero-order chi connectivity index (χ0) is 22.4. The number of esters is 1. The largest absolute Gasteiger partial charge is 0.481 e. The van der Waals surface area contributed by atoms with Gasteiger partial charge in [-0.2, -0.15) is 0 Å². The van der Waals surface area contributed by atoms with Gasteiger partial charge in [-0.15, -0.1) is 0 Å². The van der Waals surface area contributed by atoms with E-state index >= 15 is 0 Å². The second kappa shape index (κ2) is 9.89. The van der Waals surface area contributed by atoms with Gasteiger partial charge in [0.25, 0.3) is 0 Å². The highest BCUT2D eigenvalue weighted by Crippen LogP contribution is 2.28. The summed E-state index contributed by atoms with van der Waals surface area (Å²) in [6.45, 7) is 5.79. The van der Waals surface area contributed by atoms with Crippen LogP contribution in [0.15, 0.2) is 60.8 Å². The van der Waals surface area contributed by atoms with Gasteiger partial charge in [0.2, 0.25) is 5.88 Å². The van der Waals surface area contributed by atoms with E-state index < -0.39 is 18.0 Å². The summed E-state index contributed by atoms with van der Waals surface area (Å²) in [7, 11) is 0. The average Bonchev–Trinajstić information content (AvgIpc) is 2.72. The van der Waals surface area contributed by atoms with Crippen molar-refractivity contribution in [2.75, 3.05) is 0 Å². The summed E-state index contributed by atoms with van der Waals surface area (Å²) in [5.74, 6) is -1.20. The topological polar surface area (TPSA) is 85.7 Å². The molecule has 6 heteroatoms. The first-order valence-corrected chi connectivity index (χ1v) is 9.97. The molecule has 0 saturated heterocycles. The summed E-state index contributed by atoms with van der Waals surface area (Å²) >= 11 is 0. The lowest BCUT2D eigenvalue weighted by atomic mass is 9.95. The van der Waals surface area contributed by atoms with Crippen LogP contribution in [-0.2, 0) is 20.9 Å². The highest BCUT2D eigenvalue weighted by molar-refractivity contribution is 5.71. The molecule has 160 valence electrons. The molecule has 0 saturated carbocycles. The zero-order valence-electron chi connectivity index (χ0n) is 17.8. The zero-order valence-corrected chi connectivity index (χ0v) is 17.8. The van der Waals surface area contributed by atoms with Gasteiger partial charge in [0.05, 0.1) is 6.42 Å². The fourth-order valence-electron chi connectivity index (χ4n) is 3.50. The number of pyridine rings is 1. The second-order valence-corrected chi connectivity index (χ2v) is 7.38. The van der Waals surface area contributed by atoms with Crippen molar-refractivity contribution in [3.05, 3.63) is 83.0 Å². The van der Waals surface area contributed by atoms with E-state index in [-0.39, 0.29) is 6.42 Å². The number of ether oxygens (including phenoxy) is 2. The summed E-state index contributed by atoms with van der Waals surface area (Å²) in [6, 6.07) is 17.8. The molecule has 0 aliphatic carbocycles. The molecule has 0 aliphatic rings. The maximum Gasteiger partial charge on any atom is 0.307 e. The van der Waals surface area contributed by atoms with Gasteiger partial charge in [0, 0.05) is 24.8 Å². The maximum atomic E-state index is 11.2. The lowest BCUT2D eigenvalue weighted by molar-refractivity contribution is -0.151. The highest BCUT2D eigenvalue weighted by Gasteiger charge is 2.19. The Morgan fingerprint density at radius 1 is 1.03 bits per heavy atom. The van der Waals surface area contributed by atoms with Crippen LogP contribution in [0, 0.1) is 13.8 Å². The van der Waals surface area contributed by atoms with Crippen molar-refractivity contribution in [3.8, 4) is 17.0 Å². The number of hydrogen-bond acceptors (Lipinski definition) is 5. The number of aryl methyl sites for hydroxylation is 2. The number of nitrogens with zero attached hydrogens (tertiary/aromatic N) is 1. The number of carboxylic acid groups (broad SMARTS) is 1. The van der Waals surface area contributed by atoms with Gasteiger partial charge in [-0.05, 0) is 53.8 Å². The van der Waals surface area contributed by atoms with Crippen LogP contribution in [0.3, 0.4) is 0 Å². The summed E-state index contributed by atoms with van der Waals surface area (Å²) in [6.07, 6.45) is 0.261. The molecule has 0 aliphatic heterocycles. The van der Waals surface area contributed by atoms with Gasteiger partial charge in [-0.3, -0.25) is 9.59 Å². The van der Waals surface area contributed by atoms with Gasteiger partial charge < -0.3 is 14.6 Å². The smallest absolute Gasteiger partial charge is 0.307 e. The molecule has 6 nitrogen and oxygen atoms in total. The van der Waals surface area contributed by atoms with Gasteiger partial charge >= 0.3 is 11.9 Å². The van der Waals surface area contributed by atoms with Crippen LogP contribution in [0.25, 0.3) is 11.1 Å². The molecule has 0 bridgehead atoms. The molecular weight excluding hydrogens is 394 g/mol. The number of benzene rings is 2. The molecule has 2 aromatic carbocycles. The normalized spacial score (nSPS) is 11.6. The molecule has 1 unspecified atom stereocenters. The van der Waals surface area contributed by atoms with E-state index in [9.17, 15) is 9.59 Å². The lowest BCUT2D eigenvalue weighted by Crippen LogP contribution is -2.13. The van der Waals surface area contributed by atoms with Gasteiger partial charge in [-0.25, -0.2) is 4.98 Å². The third kappa shape index (κ3) is 5.92. The number of carbonyl (C=O) groups is 2. The standard InChI is InChI=1S/C25H25NO5/c1-16-6-4-7-17(2)25(16)20-9-5-8-19(12-20)15-30-23-11-10-21(14-26-23)22(13-24(28)29)31-18(3)27/h4-12,14,22H,13,15H2,1-3H3,(H,28,29). The summed E-state index contributed by atoms with van der Waals surface area (Å²) in [5, 5.41) is 9.03. The predicted octanol–water partition coefficient (Wildman–Crippen LogP) is 5.02. The highest BCUT2D eigenvalue weighted by atomic mass is 16.5. The van der Waals surface area contributed by atoms with Crippen molar-refractivity contribution >= 4 is 11.9 Å². The Hall–Kier alpha value is -3.67. The average molecular weight is 419 g/mol. The molecule has 3 aromatic rings. The van der Waals surface area contributed by atoms with Crippen molar-refractivity contribution in [1.82, 2.24) is 4.98 Å².